The summed E-state index contributed by atoms with van der Waals surface area (Å²) in [5, 5.41) is 15.2. The molecule has 25 heavy (non-hydrogen) atoms. The molecule has 0 unspecified atom stereocenters. The van der Waals surface area contributed by atoms with E-state index in [9.17, 15) is 4.79 Å². The lowest BCUT2D eigenvalue weighted by atomic mass is 10.2. The SMILES string of the molecule is Cl.O=C(O)c1ccc(Nc2nccc(Nc3ccccc3I)n2)cc1. The maximum atomic E-state index is 10.9. The largest absolute Gasteiger partial charge is 0.478 e. The van der Waals surface area contributed by atoms with E-state index >= 15 is 0 Å². The summed E-state index contributed by atoms with van der Waals surface area (Å²) in [7, 11) is 0. The second kappa shape index (κ2) is 8.63. The van der Waals surface area contributed by atoms with Gasteiger partial charge in [-0.3, -0.25) is 0 Å². The van der Waals surface area contributed by atoms with E-state index in [1.165, 1.54) is 12.1 Å². The fourth-order valence-corrected chi connectivity index (χ4v) is 2.54. The van der Waals surface area contributed by atoms with Crippen LogP contribution in [0.25, 0.3) is 0 Å². The Morgan fingerprint density at radius 1 is 1.00 bits per heavy atom. The molecule has 0 radical (unpaired) electrons. The molecular formula is C17H14ClIN4O2. The highest BCUT2D eigenvalue weighted by molar-refractivity contribution is 14.1. The van der Waals surface area contributed by atoms with Gasteiger partial charge in [-0.1, -0.05) is 12.1 Å². The summed E-state index contributed by atoms with van der Waals surface area (Å²) in [5.41, 5.74) is 1.91. The normalized spacial score (nSPS) is 9.80. The van der Waals surface area contributed by atoms with Crippen LogP contribution >= 0.6 is 35.0 Å². The number of carboxylic acids is 1. The first-order valence-electron chi connectivity index (χ1n) is 7.07. The highest BCUT2D eigenvalue weighted by atomic mass is 127. The molecule has 3 aromatic rings. The number of carboxylic acid groups (broad SMARTS) is 1. The van der Waals surface area contributed by atoms with Crippen LogP contribution in [-0.4, -0.2) is 21.0 Å². The van der Waals surface area contributed by atoms with Gasteiger partial charge >= 0.3 is 5.97 Å². The molecule has 1 aromatic heterocycles. The molecule has 0 aliphatic rings. The number of nitrogens with one attached hydrogen (secondary N) is 2. The van der Waals surface area contributed by atoms with Gasteiger partial charge in [0, 0.05) is 15.5 Å². The van der Waals surface area contributed by atoms with Crippen molar-refractivity contribution in [2.24, 2.45) is 0 Å². The highest BCUT2D eigenvalue weighted by Crippen LogP contribution is 2.22. The molecule has 0 saturated heterocycles. The number of hydrogen-bond donors (Lipinski definition) is 3. The molecule has 0 saturated carbocycles. The molecular weight excluding hydrogens is 455 g/mol. The van der Waals surface area contributed by atoms with E-state index in [0.717, 1.165) is 9.26 Å². The second-order valence-electron chi connectivity index (χ2n) is 4.88. The quantitative estimate of drug-likeness (QED) is 0.471. The molecule has 8 heteroatoms. The number of benzene rings is 2. The second-order valence-corrected chi connectivity index (χ2v) is 6.04. The van der Waals surface area contributed by atoms with Crippen molar-refractivity contribution >= 4 is 64.1 Å². The van der Waals surface area contributed by atoms with Gasteiger partial charge in [-0.05, 0) is 65.1 Å². The first-order chi connectivity index (χ1) is 11.6. The Morgan fingerprint density at radius 2 is 1.72 bits per heavy atom. The van der Waals surface area contributed by atoms with Gasteiger partial charge in [0.15, 0.2) is 0 Å². The van der Waals surface area contributed by atoms with Crippen LogP contribution in [0.5, 0.6) is 0 Å². The summed E-state index contributed by atoms with van der Waals surface area (Å²) in [6.07, 6.45) is 1.65. The van der Waals surface area contributed by atoms with Crippen molar-refractivity contribution in [3.8, 4) is 0 Å². The van der Waals surface area contributed by atoms with E-state index in [2.05, 4.69) is 43.2 Å². The molecule has 2 aromatic carbocycles. The Balaban J connectivity index is 0.00000225. The minimum absolute atomic E-state index is 0. The maximum Gasteiger partial charge on any atom is 0.335 e. The number of anilines is 4. The van der Waals surface area contributed by atoms with Gasteiger partial charge < -0.3 is 15.7 Å². The Bertz CT molecular complexity index is 875. The highest BCUT2D eigenvalue weighted by Gasteiger charge is 2.05. The standard InChI is InChI=1S/C17H13IN4O2.ClH/c18-13-3-1-2-4-14(13)21-15-9-10-19-17(22-15)20-12-7-5-11(6-8-12)16(23)24;/h1-10H,(H,23,24)(H2,19,20,21,22);1H. The molecule has 0 aliphatic heterocycles. The summed E-state index contributed by atoms with van der Waals surface area (Å²) in [6, 6.07) is 16.1. The molecule has 0 amide bonds. The molecule has 3 N–H and O–H groups in total. The minimum atomic E-state index is -0.957. The number of aromatic carboxylic acids is 1. The Kier molecular flexibility index (Phi) is 6.54. The smallest absolute Gasteiger partial charge is 0.335 e. The van der Waals surface area contributed by atoms with E-state index in [-0.39, 0.29) is 18.0 Å². The van der Waals surface area contributed by atoms with Crippen molar-refractivity contribution < 1.29 is 9.90 Å². The van der Waals surface area contributed by atoms with Crippen LogP contribution in [0.1, 0.15) is 10.4 Å². The fourth-order valence-electron chi connectivity index (χ4n) is 2.01. The van der Waals surface area contributed by atoms with Gasteiger partial charge in [-0.2, -0.15) is 4.98 Å². The molecule has 6 nitrogen and oxygen atoms in total. The first-order valence-corrected chi connectivity index (χ1v) is 8.15. The number of hydrogen-bond acceptors (Lipinski definition) is 5. The zero-order chi connectivity index (χ0) is 16.9. The van der Waals surface area contributed by atoms with Crippen LogP contribution in [0.3, 0.4) is 0 Å². The van der Waals surface area contributed by atoms with Gasteiger partial charge in [0.2, 0.25) is 5.95 Å². The number of para-hydroxylation sites is 1. The maximum absolute atomic E-state index is 10.9. The lowest BCUT2D eigenvalue weighted by Crippen LogP contribution is -2.01. The Hall–Kier alpha value is -2.39. The predicted octanol–water partition coefficient (Wildman–Crippen LogP) is 4.69. The summed E-state index contributed by atoms with van der Waals surface area (Å²) < 4.78 is 1.09. The van der Waals surface area contributed by atoms with Gasteiger partial charge in [-0.25, -0.2) is 9.78 Å². The number of rotatable bonds is 5. The lowest BCUT2D eigenvalue weighted by molar-refractivity contribution is 0.0697. The third-order valence-electron chi connectivity index (χ3n) is 3.18. The topological polar surface area (TPSA) is 87.1 Å². The van der Waals surface area contributed by atoms with Crippen molar-refractivity contribution in [2.45, 2.75) is 0 Å². The van der Waals surface area contributed by atoms with Crippen molar-refractivity contribution in [1.82, 2.24) is 9.97 Å². The fraction of sp³-hybridized carbons (Fsp3) is 0. The monoisotopic (exact) mass is 468 g/mol. The van der Waals surface area contributed by atoms with Crippen molar-refractivity contribution in [1.29, 1.82) is 0 Å². The minimum Gasteiger partial charge on any atom is -0.478 e. The number of aromatic nitrogens is 2. The van der Waals surface area contributed by atoms with Crippen molar-refractivity contribution in [3.05, 3.63) is 69.9 Å². The third kappa shape index (κ3) is 5.04. The van der Waals surface area contributed by atoms with Crippen molar-refractivity contribution in [3.63, 3.8) is 0 Å². The molecule has 3 rings (SSSR count). The summed E-state index contributed by atoms with van der Waals surface area (Å²) in [5.74, 6) is 0.134. The molecule has 0 atom stereocenters. The number of carbonyl (C=O) groups is 1. The van der Waals surface area contributed by atoms with E-state index in [1.807, 2.05) is 24.3 Å². The van der Waals surface area contributed by atoms with E-state index in [1.54, 1.807) is 24.4 Å². The van der Waals surface area contributed by atoms with Gasteiger partial charge in [0.05, 0.1) is 11.3 Å². The Morgan fingerprint density at radius 3 is 2.40 bits per heavy atom. The Labute approximate surface area is 164 Å². The van der Waals surface area contributed by atoms with E-state index in [4.69, 9.17) is 5.11 Å². The molecule has 0 bridgehead atoms. The summed E-state index contributed by atoms with van der Waals surface area (Å²) in [4.78, 5) is 19.4. The van der Waals surface area contributed by atoms with Crippen LogP contribution in [-0.2, 0) is 0 Å². The van der Waals surface area contributed by atoms with Gasteiger partial charge in [0.1, 0.15) is 5.82 Å². The van der Waals surface area contributed by atoms with Gasteiger partial charge in [0.25, 0.3) is 0 Å². The van der Waals surface area contributed by atoms with Crippen molar-refractivity contribution in [2.75, 3.05) is 10.6 Å². The molecule has 0 spiro atoms. The van der Waals surface area contributed by atoms with Crippen LogP contribution in [0.15, 0.2) is 60.8 Å². The van der Waals surface area contributed by atoms with E-state index < -0.39 is 5.97 Å². The van der Waals surface area contributed by atoms with Gasteiger partial charge in [-0.15, -0.1) is 12.4 Å². The zero-order valence-electron chi connectivity index (χ0n) is 12.8. The number of halogens is 2. The van der Waals surface area contributed by atoms with Crippen LogP contribution in [0.2, 0.25) is 0 Å². The molecule has 0 aliphatic carbocycles. The first kappa shape index (κ1) is 18.9. The summed E-state index contributed by atoms with van der Waals surface area (Å²) in [6.45, 7) is 0. The lowest BCUT2D eigenvalue weighted by Gasteiger charge is -2.09. The van der Waals surface area contributed by atoms with Crippen LogP contribution in [0, 0.1) is 3.57 Å². The number of nitrogens with zero attached hydrogens (tertiary/aromatic N) is 2. The average molecular weight is 469 g/mol. The average Bonchev–Trinajstić information content (AvgIpc) is 2.58. The zero-order valence-corrected chi connectivity index (χ0v) is 15.8. The third-order valence-corrected chi connectivity index (χ3v) is 4.12. The predicted molar refractivity (Wildman–Crippen MR) is 108 cm³/mol. The van der Waals surface area contributed by atoms with Crippen LogP contribution < -0.4 is 10.6 Å². The van der Waals surface area contributed by atoms with Crippen LogP contribution in [0.4, 0.5) is 23.1 Å². The molecule has 128 valence electrons. The van der Waals surface area contributed by atoms with E-state index in [0.29, 0.717) is 17.5 Å². The summed E-state index contributed by atoms with van der Waals surface area (Å²) >= 11 is 2.25. The molecule has 1 heterocycles. The molecule has 0 fully saturated rings.